The summed E-state index contributed by atoms with van der Waals surface area (Å²) >= 11 is 0. The van der Waals surface area contributed by atoms with Gasteiger partial charge in [0.1, 0.15) is 0 Å². The van der Waals surface area contributed by atoms with Crippen LogP contribution in [0, 0.1) is 22.9 Å². The number of hydrogen-bond donors (Lipinski definition) is 0. The molecular formula is C10H11ClFNO5S. The molecule has 6 nitrogen and oxygen atoms in total. The first-order chi connectivity index (χ1) is 8.70. The van der Waals surface area contributed by atoms with Crippen LogP contribution < -0.4 is 4.74 Å². The Morgan fingerprint density at radius 2 is 2.11 bits per heavy atom. The number of aryl methyl sites for hydroxylation is 1. The van der Waals surface area contributed by atoms with Crippen molar-refractivity contribution in [1.29, 1.82) is 0 Å². The van der Waals surface area contributed by atoms with Gasteiger partial charge >= 0.3 is 0 Å². The number of nitro groups is 1. The van der Waals surface area contributed by atoms with Crippen LogP contribution in [0.1, 0.15) is 12.0 Å². The van der Waals surface area contributed by atoms with E-state index in [1.165, 1.54) is 13.0 Å². The summed E-state index contributed by atoms with van der Waals surface area (Å²) in [6.45, 7) is 1.40. The number of nitrogens with zero attached hydrogens (tertiary/aromatic N) is 1. The van der Waals surface area contributed by atoms with Gasteiger partial charge in [0.15, 0.2) is 11.6 Å². The first kappa shape index (κ1) is 15.6. The molecule has 19 heavy (non-hydrogen) atoms. The maximum Gasteiger partial charge on any atom is 0.275 e. The van der Waals surface area contributed by atoms with E-state index in [4.69, 9.17) is 15.4 Å². The van der Waals surface area contributed by atoms with Crippen LogP contribution in [0.25, 0.3) is 0 Å². The second kappa shape index (κ2) is 6.16. The molecular weight excluding hydrogens is 301 g/mol. The Hall–Kier alpha value is -1.41. The van der Waals surface area contributed by atoms with E-state index in [1.54, 1.807) is 0 Å². The molecule has 0 fully saturated rings. The number of rotatable bonds is 6. The Morgan fingerprint density at radius 1 is 1.47 bits per heavy atom. The van der Waals surface area contributed by atoms with Crippen LogP contribution in [-0.4, -0.2) is 25.7 Å². The molecule has 1 aromatic carbocycles. The Kier molecular flexibility index (Phi) is 5.07. The van der Waals surface area contributed by atoms with Crippen molar-refractivity contribution in [3.8, 4) is 5.75 Å². The van der Waals surface area contributed by atoms with Crippen LogP contribution >= 0.6 is 10.7 Å². The van der Waals surface area contributed by atoms with E-state index < -0.39 is 19.8 Å². The second-order valence-corrected chi connectivity index (χ2v) is 6.67. The molecule has 0 bridgehead atoms. The van der Waals surface area contributed by atoms with Gasteiger partial charge in [0.25, 0.3) is 5.69 Å². The quantitative estimate of drug-likeness (QED) is 0.348. The lowest BCUT2D eigenvalue weighted by Gasteiger charge is -2.07. The first-order valence-corrected chi connectivity index (χ1v) is 7.68. The number of hydrogen-bond acceptors (Lipinski definition) is 5. The van der Waals surface area contributed by atoms with Gasteiger partial charge in [0, 0.05) is 16.2 Å². The van der Waals surface area contributed by atoms with Crippen LogP contribution in [-0.2, 0) is 9.05 Å². The van der Waals surface area contributed by atoms with Crippen molar-refractivity contribution in [3.05, 3.63) is 33.6 Å². The van der Waals surface area contributed by atoms with Crippen molar-refractivity contribution >= 4 is 25.4 Å². The third-order valence-electron chi connectivity index (χ3n) is 2.24. The van der Waals surface area contributed by atoms with Crippen molar-refractivity contribution in [2.75, 3.05) is 12.4 Å². The molecule has 0 aliphatic heterocycles. The average Bonchev–Trinajstić information content (AvgIpc) is 2.26. The van der Waals surface area contributed by atoms with Gasteiger partial charge in [-0.25, -0.2) is 12.8 Å². The van der Waals surface area contributed by atoms with E-state index in [9.17, 15) is 22.9 Å². The number of nitro benzene ring substituents is 1. The fourth-order valence-electron chi connectivity index (χ4n) is 1.37. The Balaban J connectivity index is 2.70. The van der Waals surface area contributed by atoms with Crippen molar-refractivity contribution in [3.63, 3.8) is 0 Å². The highest BCUT2D eigenvalue weighted by atomic mass is 35.7. The fraction of sp³-hybridized carbons (Fsp3) is 0.400. The molecule has 0 aliphatic rings. The molecule has 0 aliphatic carbocycles. The zero-order valence-electron chi connectivity index (χ0n) is 9.93. The zero-order chi connectivity index (χ0) is 14.6. The van der Waals surface area contributed by atoms with Gasteiger partial charge in [0.2, 0.25) is 9.05 Å². The van der Waals surface area contributed by atoms with Gasteiger partial charge in [-0.1, -0.05) is 0 Å². The Morgan fingerprint density at radius 3 is 2.63 bits per heavy atom. The summed E-state index contributed by atoms with van der Waals surface area (Å²) in [4.78, 5) is 9.88. The standard InChI is InChI=1S/C10H11ClFNO5S/c1-7-5-10(8(12)6-9(7)13(14)15)18-3-2-4-19(11,16)17/h5-6H,2-4H2,1H3. The third kappa shape index (κ3) is 4.99. The molecule has 9 heteroatoms. The van der Waals surface area contributed by atoms with E-state index in [0.29, 0.717) is 0 Å². The van der Waals surface area contributed by atoms with Gasteiger partial charge in [-0.3, -0.25) is 10.1 Å². The van der Waals surface area contributed by atoms with E-state index in [1.807, 2.05) is 0 Å². The molecule has 0 amide bonds. The van der Waals surface area contributed by atoms with Crippen molar-refractivity contribution < 1.29 is 22.5 Å². The predicted octanol–water partition coefficient (Wildman–Crippen LogP) is 2.38. The summed E-state index contributed by atoms with van der Waals surface area (Å²) < 4.78 is 39.8. The largest absolute Gasteiger partial charge is 0.490 e. The van der Waals surface area contributed by atoms with Gasteiger partial charge in [-0.2, -0.15) is 0 Å². The highest BCUT2D eigenvalue weighted by Gasteiger charge is 2.16. The van der Waals surface area contributed by atoms with Gasteiger partial charge in [-0.05, 0) is 19.4 Å². The number of ether oxygens (including phenoxy) is 1. The van der Waals surface area contributed by atoms with E-state index in [2.05, 4.69) is 0 Å². The number of benzene rings is 1. The summed E-state index contributed by atoms with van der Waals surface area (Å²) in [5.41, 5.74) is -0.0837. The Bertz CT molecular complexity index is 590. The monoisotopic (exact) mass is 311 g/mol. The summed E-state index contributed by atoms with van der Waals surface area (Å²) in [6.07, 6.45) is 0.0985. The number of halogens is 2. The summed E-state index contributed by atoms with van der Waals surface area (Å²) in [5, 5.41) is 10.6. The highest BCUT2D eigenvalue weighted by molar-refractivity contribution is 8.13. The molecule has 1 aromatic rings. The summed E-state index contributed by atoms with van der Waals surface area (Å²) in [5.74, 6) is -1.32. The molecule has 0 atom stereocenters. The normalized spacial score (nSPS) is 11.3. The maximum absolute atomic E-state index is 13.5. The minimum atomic E-state index is -3.61. The topological polar surface area (TPSA) is 86.5 Å². The fourth-order valence-corrected chi connectivity index (χ4v) is 2.16. The molecule has 1 rings (SSSR count). The summed E-state index contributed by atoms with van der Waals surface area (Å²) in [6, 6.07) is 1.96. The van der Waals surface area contributed by atoms with Crippen LogP contribution in [0.5, 0.6) is 5.75 Å². The molecule has 0 N–H and O–H groups in total. The lowest BCUT2D eigenvalue weighted by atomic mass is 10.2. The lowest BCUT2D eigenvalue weighted by molar-refractivity contribution is -0.385. The van der Waals surface area contributed by atoms with Crippen LogP contribution in [0.2, 0.25) is 0 Å². The molecule has 0 saturated carbocycles. The third-order valence-corrected chi connectivity index (χ3v) is 3.48. The molecule has 0 unspecified atom stereocenters. The lowest BCUT2D eigenvalue weighted by Crippen LogP contribution is -2.06. The minimum absolute atomic E-state index is 0.0554. The second-order valence-electron chi connectivity index (χ2n) is 3.77. The minimum Gasteiger partial charge on any atom is -0.490 e. The average molecular weight is 312 g/mol. The molecule has 0 heterocycles. The Labute approximate surface area is 113 Å². The molecule has 0 saturated heterocycles. The summed E-state index contributed by atoms with van der Waals surface area (Å²) in [7, 11) is 1.39. The van der Waals surface area contributed by atoms with E-state index in [0.717, 1.165) is 6.07 Å². The maximum atomic E-state index is 13.5. The van der Waals surface area contributed by atoms with Crippen LogP contribution in [0.15, 0.2) is 12.1 Å². The molecule has 0 aromatic heterocycles. The van der Waals surface area contributed by atoms with Crippen molar-refractivity contribution in [1.82, 2.24) is 0 Å². The van der Waals surface area contributed by atoms with E-state index in [-0.39, 0.29) is 35.8 Å². The molecule has 0 radical (unpaired) electrons. The zero-order valence-corrected chi connectivity index (χ0v) is 11.5. The molecule has 0 spiro atoms. The van der Waals surface area contributed by atoms with E-state index >= 15 is 0 Å². The first-order valence-electron chi connectivity index (χ1n) is 5.20. The van der Waals surface area contributed by atoms with Gasteiger partial charge in [0.05, 0.1) is 23.3 Å². The predicted molar refractivity (Wildman–Crippen MR) is 67.5 cm³/mol. The van der Waals surface area contributed by atoms with Crippen molar-refractivity contribution in [2.24, 2.45) is 0 Å². The molecule has 106 valence electrons. The van der Waals surface area contributed by atoms with Gasteiger partial charge < -0.3 is 4.74 Å². The van der Waals surface area contributed by atoms with Crippen molar-refractivity contribution in [2.45, 2.75) is 13.3 Å². The van der Waals surface area contributed by atoms with Gasteiger partial charge in [-0.15, -0.1) is 0 Å². The smallest absolute Gasteiger partial charge is 0.275 e. The SMILES string of the molecule is Cc1cc(OCCCS(=O)(=O)Cl)c(F)cc1[N+](=O)[O-]. The van der Waals surface area contributed by atoms with Crippen LogP contribution in [0.3, 0.4) is 0 Å². The van der Waals surface area contributed by atoms with Crippen LogP contribution in [0.4, 0.5) is 10.1 Å². The highest BCUT2D eigenvalue weighted by Crippen LogP contribution is 2.27.